The monoisotopic (exact) mass is 323 g/mol. The molecule has 1 N–H and O–H groups in total. The molecule has 0 aromatic heterocycles. The van der Waals surface area contributed by atoms with E-state index in [2.05, 4.69) is 25.1 Å². The molecule has 2 rings (SSSR count). The zero-order valence-electron chi connectivity index (χ0n) is 12.5. The van der Waals surface area contributed by atoms with E-state index in [-0.39, 0.29) is 11.8 Å². The molecule has 0 radical (unpaired) electrons. The molecule has 0 fully saturated rings. The van der Waals surface area contributed by atoms with E-state index in [0.717, 1.165) is 18.4 Å². The summed E-state index contributed by atoms with van der Waals surface area (Å²) < 4.78 is 27.4. The zero-order chi connectivity index (χ0) is 16.4. The summed E-state index contributed by atoms with van der Waals surface area (Å²) in [6, 6.07) is 2.01. The molecule has 2 unspecified atom stereocenters. The average molecular weight is 323 g/mol. The lowest BCUT2D eigenvalue weighted by molar-refractivity contribution is 0.0969. The van der Waals surface area contributed by atoms with Crippen LogP contribution in [-0.4, -0.2) is 23.1 Å². The topological polar surface area (TPSA) is 39.1 Å². The quantitative estimate of drug-likeness (QED) is 0.614. The number of thioether (sulfide) groups is 1. The zero-order valence-corrected chi connectivity index (χ0v) is 13.3. The molecule has 0 amide bonds. The van der Waals surface area contributed by atoms with Crippen molar-refractivity contribution in [3.63, 3.8) is 0 Å². The molecule has 0 bridgehead atoms. The Labute approximate surface area is 134 Å². The van der Waals surface area contributed by atoms with Gasteiger partial charge < -0.3 is 10.2 Å². The molecule has 2 atom stereocenters. The molecule has 2 aliphatic rings. The van der Waals surface area contributed by atoms with E-state index in [4.69, 9.17) is 5.26 Å². The lowest BCUT2D eigenvalue weighted by atomic mass is 9.88. The van der Waals surface area contributed by atoms with Crippen LogP contribution in [0.1, 0.15) is 19.8 Å². The Morgan fingerprint density at radius 2 is 2.18 bits per heavy atom. The number of nitriles is 1. The molecule has 3 nitrogen and oxygen atoms in total. The lowest BCUT2D eigenvalue weighted by Gasteiger charge is -2.34. The van der Waals surface area contributed by atoms with Gasteiger partial charge >= 0.3 is 0 Å². The smallest absolute Gasteiger partial charge is 0.246 e. The molecule has 2 aliphatic heterocycles. The normalized spacial score (nSPS) is 24.4. The standard InChI is InChI=1S/C16H19F2N3S/c1-5-6-9(2)14-13(15(17)18)12-10(3)21(8-7-19)11(4)20-16(12)22-14/h13-15,20H,2-6,8H2,1H3. The van der Waals surface area contributed by atoms with Crippen molar-refractivity contribution in [2.75, 3.05) is 6.54 Å². The Bertz CT molecular complexity index is 589. The Morgan fingerprint density at radius 1 is 1.50 bits per heavy atom. The molecule has 118 valence electrons. The molecular weight excluding hydrogens is 304 g/mol. The summed E-state index contributed by atoms with van der Waals surface area (Å²) in [7, 11) is 0. The van der Waals surface area contributed by atoms with E-state index in [1.54, 1.807) is 4.90 Å². The van der Waals surface area contributed by atoms with E-state index in [9.17, 15) is 8.78 Å². The summed E-state index contributed by atoms with van der Waals surface area (Å²) >= 11 is 1.36. The first-order valence-corrected chi connectivity index (χ1v) is 7.96. The highest BCUT2D eigenvalue weighted by Crippen LogP contribution is 2.52. The first-order chi connectivity index (χ1) is 10.4. The molecule has 6 heteroatoms. The Balaban J connectivity index is 2.36. The summed E-state index contributed by atoms with van der Waals surface area (Å²) in [6.07, 6.45) is -0.915. The molecule has 0 spiro atoms. The van der Waals surface area contributed by atoms with E-state index in [1.165, 1.54) is 11.8 Å². The van der Waals surface area contributed by atoms with E-state index in [1.807, 2.05) is 13.0 Å². The number of allylic oxidation sites excluding steroid dienone is 1. The highest BCUT2D eigenvalue weighted by molar-refractivity contribution is 8.04. The van der Waals surface area contributed by atoms with Gasteiger partial charge in [-0.2, -0.15) is 5.26 Å². The SMILES string of the molecule is C=C(CCC)C1SC2=C(C(=C)N(CC#N)C(=C)N2)C1C(F)F. The van der Waals surface area contributed by atoms with Crippen molar-refractivity contribution in [3.05, 3.63) is 47.4 Å². The lowest BCUT2D eigenvalue weighted by Crippen LogP contribution is -2.37. The fraction of sp³-hybridized carbons (Fsp3) is 0.438. The van der Waals surface area contributed by atoms with Crippen LogP contribution in [0.4, 0.5) is 8.78 Å². The second kappa shape index (κ2) is 6.57. The van der Waals surface area contributed by atoms with Gasteiger partial charge in [0, 0.05) is 16.5 Å². The van der Waals surface area contributed by atoms with Crippen molar-refractivity contribution >= 4 is 11.8 Å². The first-order valence-electron chi connectivity index (χ1n) is 7.08. The van der Waals surface area contributed by atoms with E-state index < -0.39 is 12.3 Å². The van der Waals surface area contributed by atoms with Crippen LogP contribution < -0.4 is 5.32 Å². The van der Waals surface area contributed by atoms with Crippen molar-refractivity contribution in [1.29, 1.82) is 5.26 Å². The van der Waals surface area contributed by atoms with Gasteiger partial charge in [0.2, 0.25) is 6.43 Å². The van der Waals surface area contributed by atoms with Crippen molar-refractivity contribution in [3.8, 4) is 6.07 Å². The van der Waals surface area contributed by atoms with Crippen molar-refractivity contribution in [2.45, 2.75) is 31.4 Å². The third-order valence-corrected chi connectivity index (χ3v) is 5.28. The second-order valence-electron chi connectivity index (χ2n) is 5.31. The fourth-order valence-corrected chi connectivity index (χ4v) is 4.31. The fourth-order valence-electron chi connectivity index (χ4n) is 2.81. The minimum atomic E-state index is -2.51. The van der Waals surface area contributed by atoms with Gasteiger partial charge in [-0.3, -0.25) is 0 Å². The van der Waals surface area contributed by atoms with Crippen LogP contribution in [0.3, 0.4) is 0 Å². The highest BCUT2D eigenvalue weighted by Gasteiger charge is 2.46. The van der Waals surface area contributed by atoms with Gasteiger partial charge in [0.1, 0.15) is 12.4 Å². The molecule has 0 saturated heterocycles. The minimum absolute atomic E-state index is 0.0304. The molecule has 22 heavy (non-hydrogen) atoms. The van der Waals surface area contributed by atoms with Gasteiger partial charge in [-0.15, -0.1) is 0 Å². The predicted octanol–water partition coefficient (Wildman–Crippen LogP) is 3.96. The highest BCUT2D eigenvalue weighted by atomic mass is 32.2. The predicted molar refractivity (Wildman–Crippen MR) is 85.7 cm³/mol. The number of nitrogens with zero attached hydrogens (tertiary/aromatic N) is 2. The molecule has 0 saturated carbocycles. The summed E-state index contributed by atoms with van der Waals surface area (Å²) in [6.45, 7) is 13.8. The van der Waals surface area contributed by atoms with Gasteiger partial charge in [-0.1, -0.05) is 50.4 Å². The van der Waals surface area contributed by atoms with Crippen LogP contribution in [0, 0.1) is 17.2 Å². The third kappa shape index (κ3) is 2.78. The summed E-state index contributed by atoms with van der Waals surface area (Å²) in [5.41, 5.74) is 1.74. The van der Waals surface area contributed by atoms with Crippen LogP contribution in [0.5, 0.6) is 0 Å². The van der Waals surface area contributed by atoms with Crippen molar-refractivity contribution < 1.29 is 8.78 Å². The van der Waals surface area contributed by atoms with Gasteiger partial charge in [-0.05, 0) is 6.42 Å². The number of nitrogens with one attached hydrogen (secondary N) is 1. The number of hydrogen-bond donors (Lipinski definition) is 1. The van der Waals surface area contributed by atoms with E-state index >= 15 is 0 Å². The summed E-state index contributed by atoms with van der Waals surface area (Å²) in [5, 5.41) is 12.2. The largest absolute Gasteiger partial charge is 0.337 e. The van der Waals surface area contributed by atoms with Crippen LogP contribution in [0.15, 0.2) is 47.4 Å². The average Bonchev–Trinajstić information content (AvgIpc) is 2.83. The molecule has 0 aromatic carbocycles. The van der Waals surface area contributed by atoms with Gasteiger partial charge in [0.25, 0.3) is 0 Å². The maximum absolute atomic E-state index is 13.7. The van der Waals surface area contributed by atoms with Crippen LogP contribution in [0.2, 0.25) is 0 Å². The number of halogens is 2. The van der Waals surface area contributed by atoms with Crippen LogP contribution in [0.25, 0.3) is 0 Å². The van der Waals surface area contributed by atoms with Crippen LogP contribution in [-0.2, 0) is 0 Å². The van der Waals surface area contributed by atoms with E-state index in [0.29, 0.717) is 22.1 Å². The van der Waals surface area contributed by atoms with Gasteiger partial charge in [0.05, 0.1) is 17.0 Å². The molecular formula is C16H19F2N3S. The third-order valence-electron chi connectivity index (χ3n) is 3.84. The Kier molecular flexibility index (Phi) is 4.97. The van der Waals surface area contributed by atoms with Gasteiger partial charge in [-0.25, -0.2) is 8.78 Å². The minimum Gasteiger partial charge on any atom is -0.337 e. The summed E-state index contributed by atoms with van der Waals surface area (Å²) in [5.74, 6) is -0.457. The summed E-state index contributed by atoms with van der Waals surface area (Å²) in [4.78, 5) is 1.54. The number of alkyl halides is 2. The van der Waals surface area contributed by atoms with Gasteiger partial charge in [0.15, 0.2) is 0 Å². The number of hydrogen-bond acceptors (Lipinski definition) is 4. The molecule has 0 aliphatic carbocycles. The Morgan fingerprint density at radius 3 is 2.73 bits per heavy atom. The van der Waals surface area contributed by atoms with Crippen molar-refractivity contribution in [2.24, 2.45) is 5.92 Å². The maximum atomic E-state index is 13.7. The maximum Gasteiger partial charge on any atom is 0.246 e. The van der Waals surface area contributed by atoms with Crippen LogP contribution >= 0.6 is 11.8 Å². The first kappa shape index (κ1) is 16.6. The van der Waals surface area contributed by atoms with Crippen molar-refractivity contribution in [1.82, 2.24) is 10.2 Å². The number of rotatable bonds is 5. The second-order valence-corrected chi connectivity index (χ2v) is 6.46. The Hall–Kier alpha value is -1.74. The molecule has 0 aromatic rings. The molecule has 2 heterocycles.